The van der Waals surface area contributed by atoms with Crippen LogP contribution in [0.25, 0.3) is 0 Å². The van der Waals surface area contributed by atoms with Crippen LogP contribution in [-0.4, -0.2) is 0 Å². The summed E-state index contributed by atoms with van der Waals surface area (Å²) in [6.07, 6.45) is 8.01. The third kappa shape index (κ3) is 0.506. The van der Waals surface area contributed by atoms with Gasteiger partial charge in [-0.3, -0.25) is 0 Å². The summed E-state index contributed by atoms with van der Waals surface area (Å²) in [5, 5.41) is 0. The molecule has 0 spiro atoms. The molecule has 0 saturated heterocycles. The molecule has 7 saturated carbocycles. The van der Waals surface area contributed by atoms with Gasteiger partial charge in [-0.15, -0.1) is 0 Å². The highest BCUT2D eigenvalue weighted by molar-refractivity contribution is 5.15. The van der Waals surface area contributed by atoms with Crippen LogP contribution in [0.15, 0.2) is 0 Å². The molecule has 7 aliphatic rings. The lowest BCUT2D eigenvalue weighted by Gasteiger charge is -2.72. The van der Waals surface area contributed by atoms with E-state index < -0.39 is 0 Å². The van der Waals surface area contributed by atoms with E-state index in [1.807, 2.05) is 0 Å². The molecule has 3 unspecified atom stereocenters. The van der Waals surface area contributed by atoms with Crippen LogP contribution in [0.4, 0.5) is 0 Å². The highest BCUT2D eigenvalue weighted by atomic mass is 14.7. The van der Waals surface area contributed by atoms with Crippen LogP contribution in [0, 0.1) is 35.0 Å². The Bertz CT molecular complexity index is 215. The van der Waals surface area contributed by atoms with Gasteiger partial charge in [-0.2, -0.15) is 0 Å². The van der Waals surface area contributed by atoms with Gasteiger partial charge in [-0.25, -0.2) is 0 Å². The van der Waals surface area contributed by atoms with Crippen molar-refractivity contribution >= 4 is 0 Å². The topological polar surface area (TPSA) is 0 Å². The standard InChI is InChI=1S/C12H18/c1-12-4-7-2-3-8-9(5-12)11(7)10(8)6-12/h7-11H,2-6H2,1H3. The zero-order valence-electron chi connectivity index (χ0n) is 7.92. The number of hydrogen-bond donors (Lipinski definition) is 0. The normalized spacial score (nSPS) is 71.2. The minimum absolute atomic E-state index is 0.811. The van der Waals surface area contributed by atoms with Gasteiger partial charge in [0.1, 0.15) is 0 Å². The van der Waals surface area contributed by atoms with Gasteiger partial charge >= 0.3 is 0 Å². The second-order valence-electron chi connectivity index (χ2n) is 6.33. The Morgan fingerprint density at radius 2 is 1.67 bits per heavy atom. The van der Waals surface area contributed by atoms with Crippen molar-refractivity contribution in [1.82, 2.24) is 0 Å². The number of rotatable bonds is 0. The van der Waals surface area contributed by atoms with Crippen LogP contribution in [0.5, 0.6) is 0 Å². The van der Waals surface area contributed by atoms with E-state index in [2.05, 4.69) is 6.92 Å². The SMILES string of the molecule is CC12CC3CCC4C(C1)C3C4C2. The Labute approximate surface area is 74.7 Å². The Hall–Kier alpha value is 0. The largest absolute Gasteiger partial charge is 0.0596 e. The van der Waals surface area contributed by atoms with Crippen LogP contribution in [0.2, 0.25) is 0 Å². The summed E-state index contributed by atoms with van der Waals surface area (Å²) < 4.78 is 0. The van der Waals surface area contributed by atoms with E-state index in [4.69, 9.17) is 0 Å². The quantitative estimate of drug-likeness (QED) is 0.513. The molecule has 0 aromatic rings. The fourth-order valence-corrected chi connectivity index (χ4v) is 5.62. The van der Waals surface area contributed by atoms with Gasteiger partial charge in [0.05, 0.1) is 0 Å². The molecule has 0 amide bonds. The fraction of sp³-hybridized carbons (Fsp3) is 1.00. The van der Waals surface area contributed by atoms with Crippen molar-refractivity contribution in [3.63, 3.8) is 0 Å². The van der Waals surface area contributed by atoms with Crippen molar-refractivity contribution < 1.29 is 0 Å². The van der Waals surface area contributed by atoms with Crippen molar-refractivity contribution in [3.8, 4) is 0 Å². The second kappa shape index (κ2) is 1.63. The predicted molar refractivity (Wildman–Crippen MR) is 48.6 cm³/mol. The molecule has 0 N–H and O–H groups in total. The molecule has 0 nitrogen and oxygen atoms in total. The molecule has 0 radical (unpaired) electrons. The van der Waals surface area contributed by atoms with Crippen molar-refractivity contribution in [3.05, 3.63) is 0 Å². The van der Waals surface area contributed by atoms with E-state index in [1.54, 1.807) is 32.1 Å². The summed E-state index contributed by atoms with van der Waals surface area (Å²) in [6.45, 7) is 2.57. The molecule has 7 fully saturated rings. The van der Waals surface area contributed by atoms with Crippen molar-refractivity contribution in [1.29, 1.82) is 0 Å². The predicted octanol–water partition coefficient (Wildman–Crippen LogP) is 3.08. The van der Waals surface area contributed by atoms with E-state index in [-0.39, 0.29) is 0 Å². The van der Waals surface area contributed by atoms with Crippen LogP contribution in [0.3, 0.4) is 0 Å². The third-order valence-corrected chi connectivity index (χ3v) is 5.72. The average Bonchev–Trinajstić information content (AvgIpc) is 2.02. The number of hydrogen-bond acceptors (Lipinski definition) is 0. The first-order chi connectivity index (χ1) is 5.77. The Balaban J connectivity index is 1.83. The van der Waals surface area contributed by atoms with Gasteiger partial charge in [-0.05, 0) is 67.1 Å². The van der Waals surface area contributed by atoms with Gasteiger partial charge in [0, 0.05) is 0 Å². The Morgan fingerprint density at radius 1 is 0.917 bits per heavy atom. The van der Waals surface area contributed by atoms with E-state index in [1.165, 1.54) is 29.6 Å². The summed E-state index contributed by atoms with van der Waals surface area (Å²) >= 11 is 0. The minimum Gasteiger partial charge on any atom is -0.0596 e. The summed E-state index contributed by atoms with van der Waals surface area (Å²) in [4.78, 5) is 0. The molecule has 0 aromatic carbocycles. The minimum atomic E-state index is 0.811. The first kappa shape index (κ1) is 6.45. The molecule has 12 heavy (non-hydrogen) atoms. The molecule has 0 heterocycles. The van der Waals surface area contributed by atoms with Crippen LogP contribution >= 0.6 is 0 Å². The molecular weight excluding hydrogens is 144 g/mol. The second-order valence-corrected chi connectivity index (χ2v) is 6.33. The summed E-state index contributed by atoms with van der Waals surface area (Å²) in [6, 6.07) is 0. The first-order valence-electron chi connectivity index (χ1n) is 5.77. The lowest BCUT2D eigenvalue weighted by molar-refractivity contribution is -0.234. The molecule has 0 heteroatoms. The lowest BCUT2D eigenvalue weighted by Crippen LogP contribution is -2.65. The van der Waals surface area contributed by atoms with Crippen LogP contribution < -0.4 is 0 Å². The zero-order valence-corrected chi connectivity index (χ0v) is 7.92. The van der Waals surface area contributed by atoms with Gasteiger partial charge in [0.15, 0.2) is 0 Å². The van der Waals surface area contributed by atoms with E-state index in [0.29, 0.717) is 0 Å². The van der Waals surface area contributed by atoms with Crippen LogP contribution in [-0.2, 0) is 0 Å². The molecule has 6 bridgehead atoms. The van der Waals surface area contributed by atoms with Crippen LogP contribution in [0.1, 0.15) is 39.0 Å². The summed E-state index contributed by atoms with van der Waals surface area (Å²) in [7, 11) is 0. The first-order valence-corrected chi connectivity index (χ1v) is 5.77. The van der Waals surface area contributed by atoms with E-state index in [0.717, 1.165) is 5.41 Å². The van der Waals surface area contributed by atoms with E-state index in [9.17, 15) is 0 Å². The van der Waals surface area contributed by atoms with E-state index >= 15 is 0 Å². The molecule has 7 rings (SSSR count). The highest BCUT2D eigenvalue weighted by Gasteiger charge is 2.66. The summed E-state index contributed by atoms with van der Waals surface area (Å²) in [5.74, 6) is 6.03. The Kier molecular flexibility index (Phi) is 0.875. The number of fused-ring (bicyclic) bond motifs is 1. The highest BCUT2D eigenvalue weighted by Crippen LogP contribution is 2.74. The maximum Gasteiger partial charge on any atom is -0.0317 e. The molecular formula is C12H18. The van der Waals surface area contributed by atoms with Crippen molar-refractivity contribution in [2.24, 2.45) is 35.0 Å². The molecule has 0 aromatic heterocycles. The smallest absolute Gasteiger partial charge is 0.0317 e. The van der Waals surface area contributed by atoms with Crippen molar-refractivity contribution in [2.75, 3.05) is 0 Å². The monoisotopic (exact) mass is 162 g/mol. The summed E-state index contributed by atoms with van der Waals surface area (Å²) in [5.41, 5.74) is 0.811. The Morgan fingerprint density at radius 3 is 2.33 bits per heavy atom. The molecule has 3 atom stereocenters. The van der Waals surface area contributed by atoms with Gasteiger partial charge in [0.25, 0.3) is 0 Å². The maximum absolute atomic E-state index is 2.57. The zero-order chi connectivity index (χ0) is 7.92. The molecule has 0 aliphatic heterocycles. The van der Waals surface area contributed by atoms with Crippen molar-refractivity contribution in [2.45, 2.75) is 39.0 Å². The third-order valence-electron chi connectivity index (χ3n) is 5.72. The van der Waals surface area contributed by atoms with Gasteiger partial charge < -0.3 is 0 Å². The molecule has 66 valence electrons. The maximum atomic E-state index is 2.57. The van der Waals surface area contributed by atoms with Gasteiger partial charge in [-0.1, -0.05) is 6.92 Å². The lowest BCUT2D eigenvalue weighted by atomic mass is 9.33. The fourth-order valence-electron chi connectivity index (χ4n) is 5.62. The molecule has 7 aliphatic carbocycles. The average molecular weight is 162 g/mol. The van der Waals surface area contributed by atoms with Gasteiger partial charge in [0.2, 0.25) is 0 Å².